The third-order valence-corrected chi connectivity index (χ3v) is 3.43. The van der Waals surface area contributed by atoms with Crippen LogP contribution in [0.25, 0.3) is 0 Å². The molecule has 2 rings (SSSR count). The maximum atomic E-state index is 11.7. The van der Waals surface area contributed by atoms with Crippen LogP contribution in [0.1, 0.15) is 37.4 Å². The minimum Gasteiger partial charge on any atom is -0.388 e. The lowest BCUT2D eigenvalue weighted by Crippen LogP contribution is -2.25. The van der Waals surface area contributed by atoms with Crippen LogP contribution in [0.5, 0.6) is 0 Å². The Balaban J connectivity index is 2.15. The summed E-state index contributed by atoms with van der Waals surface area (Å²) in [4.78, 5) is 21.8. The molecule has 5 nitrogen and oxygen atoms in total. The Morgan fingerprint density at radius 1 is 1.28 bits per heavy atom. The zero-order chi connectivity index (χ0) is 13.1. The smallest absolute Gasteiger partial charge is 0.269 e. The van der Waals surface area contributed by atoms with Crippen LogP contribution in [0.15, 0.2) is 24.3 Å². The molecule has 0 bridgehead atoms. The number of carbonyl (C=O) groups excluding carboxylic acids is 1. The number of ketones is 1. The van der Waals surface area contributed by atoms with Gasteiger partial charge >= 0.3 is 0 Å². The van der Waals surface area contributed by atoms with Gasteiger partial charge in [-0.15, -0.1) is 0 Å². The fourth-order valence-corrected chi connectivity index (χ4v) is 2.37. The molecule has 0 radical (unpaired) electrons. The van der Waals surface area contributed by atoms with E-state index in [9.17, 15) is 20.0 Å². The lowest BCUT2D eigenvalue weighted by molar-refractivity contribution is -0.384. The van der Waals surface area contributed by atoms with Crippen LogP contribution >= 0.6 is 0 Å². The number of carbonyl (C=O) groups is 1. The molecule has 0 aliphatic heterocycles. The van der Waals surface area contributed by atoms with Gasteiger partial charge in [0.15, 0.2) is 0 Å². The van der Waals surface area contributed by atoms with Crippen LogP contribution in [0.3, 0.4) is 0 Å². The topological polar surface area (TPSA) is 80.4 Å². The van der Waals surface area contributed by atoms with Crippen molar-refractivity contribution in [3.63, 3.8) is 0 Å². The minimum atomic E-state index is -0.849. The molecule has 18 heavy (non-hydrogen) atoms. The number of nitro groups is 1. The maximum absolute atomic E-state index is 11.7. The molecule has 1 aromatic rings. The average molecular weight is 249 g/mol. The van der Waals surface area contributed by atoms with Crippen molar-refractivity contribution in [1.29, 1.82) is 0 Å². The van der Waals surface area contributed by atoms with Gasteiger partial charge in [-0.1, -0.05) is 6.42 Å². The summed E-state index contributed by atoms with van der Waals surface area (Å²) in [6, 6.07) is 5.74. The molecule has 2 atom stereocenters. The summed E-state index contributed by atoms with van der Waals surface area (Å²) in [6.07, 6.45) is 2.20. The van der Waals surface area contributed by atoms with E-state index in [1.807, 2.05) is 0 Å². The van der Waals surface area contributed by atoms with Crippen molar-refractivity contribution in [2.45, 2.75) is 31.8 Å². The third kappa shape index (κ3) is 2.56. The summed E-state index contributed by atoms with van der Waals surface area (Å²) in [6.45, 7) is 0. The lowest BCUT2D eigenvalue weighted by Gasteiger charge is -2.25. The Bertz CT molecular complexity index is 455. The highest BCUT2D eigenvalue weighted by atomic mass is 16.6. The zero-order valence-corrected chi connectivity index (χ0v) is 9.91. The van der Waals surface area contributed by atoms with Crippen molar-refractivity contribution in [3.05, 3.63) is 39.9 Å². The van der Waals surface area contributed by atoms with Crippen LogP contribution in [0, 0.1) is 16.0 Å². The van der Waals surface area contributed by atoms with E-state index in [4.69, 9.17) is 0 Å². The van der Waals surface area contributed by atoms with Crippen molar-refractivity contribution >= 4 is 11.5 Å². The van der Waals surface area contributed by atoms with Gasteiger partial charge in [-0.05, 0) is 30.5 Å². The molecule has 5 heteroatoms. The minimum absolute atomic E-state index is 0.0130. The second-order valence-corrected chi connectivity index (χ2v) is 4.61. The number of hydrogen-bond acceptors (Lipinski definition) is 4. The number of non-ortho nitro benzene ring substituents is 1. The number of aliphatic hydroxyl groups is 1. The van der Waals surface area contributed by atoms with Gasteiger partial charge in [-0.2, -0.15) is 0 Å². The van der Waals surface area contributed by atoms with Crippen molar-refractivity contribution < 1.29 is 14.8 Å². The molecule has 1 aliphatic rings. The molecule has 0 amide bonds. The van der Waals surface area contributed by atoms with Crippen molar-refractivity contribution in [1.82, 2.24) is 0 Å². The van der Waals surface area contributed by atoms with Gasteiger partial charge < -0.3 is 5.11 Å². The molecule has 1 aliphatic carbocycles. The maximum Gasteiger partial charge on any atom is 0.269 e. The van der Waals surface area contributed by atoms with E-state index in [-0.39, 0.29) is 17.4 Å². The zero-order valence-electron chi connectivity index (χ0n) is 9.91. The number of aliphatic hydroxyl groups excluding tert-OH is 1. The SMILES string of the molecule is O=C1CCCC[C@H]1C(O)c1ccc([N+](=O)[O-])cc1. The molecule has 0 aromatic heterocycles. The molecule has 1 saturated carbocycles. The fraction of sp³-hybridized carbons (Fsp3) is 0.462. The van der Waals surface area contributed by atoms with E-state index >= 15 is 0 Å². The van der Waals surface area contributed by atoms with Crippen molar-refractivity contribution in [3.8, 4) is 0 Å². The van der Waals surface area contributed by atoms with Crippen molar-refractivity contribution in [2.24, 2.45) is 5.92 Å². The number of hydrogen-bond donors (Lipinski definition) is 1. The largest absolute Gasteiger partial charge is 0.388 e. The lowest BCUT2D eigenvalue weighted by atomic mass is 9.82. The normalized spacial score (nSPS) is 21.6. The number of benzene rings is 1. The number of rotatable bonds is 3. The molecule has 1 fully saturated rings. The number of Topliss-reactive ketones (excluding diaryl/α,β-unsaturated/α-hetero) is 1. The van der Waals surface area contributed by atoms with E-state index < -0.39 is 11.0 Å². The Labute approximate surface area is 105 Å². The van der Waals surface area contributed by atoms with Crippen molar-refractivity contribution in [2.75, 3.05) is 0 Å². The summed E-state index contributed by atoms with van der Waals surface area (Å²) < 4.78 is 0. The van der Waals surface area contributed by atoms with Gasteiger partial charge in [0.05, 0.1) is 11.0 Å². The van der Waals surface area contributed by atoms with Crippen LogP contribution in [0.2, 0.25) is 0 Å². The van der Waals surface area contributed by atoms with Crippen LogP contribution < -0.4 is 0 Å². The molecule has 1 aromatic carbocycles. The molecule has 1 unspecified atom stereocenters. The fourth-order valence-electron chi connectivity index (χ4n) is 2.37. The standard InChI is InChI=1S/C13H15NO4/c15-12-4-2-1-3-11(12)13(16)9-5-7-10(8-6-9)14(17)18/h5-8,11,13,16H,1-4H2/t11-,13?/m1/s1. The van der Waals surface area contributed by atoms with Gasteiger partial charge in [-0.3, -0.25) is 14.9 Å². The highest BCUT2D eigenvalue weighted by Crippen LogP contribution is 2.32. The van der Waals surface area contributed by atoms with E-state index in [0.717, 1.165) is 12.8 Å². The van der Waals surface area contributed by atoms with Gasteiger partial charge in [0.1, 0.15) is 5.78 Å². The second kappa shape index (κ2) is 5.27. The Morgan fingerprint density at radius 2 is 1.94 bits per heavy atom. The molecular formula is C13H15NO4. The first-order valence-electron chi connectivity index (χ1n) is 6.04. The average Bonchev–Trinajstić information content (AvgIpc) is 2.38. The molecular weight excluding hydrogens is 234 g/mol. The van der Waals surface area contributed by atoms with Crippen LogP contribution in [0.4, 0.5) is 5.69 Å². The second-order valence-electron chi connectivity index (χ2n) is 4.61. The summed E-state index contributed by atoms with van der Waals surface area (Å²) in [5.41, 5.74) is 0.557. The quantitative estimate of drug-likeness (QED) is 0.658. The highest BCUT2D eigenvalue weighted by Gasteiger charge is 2.30. The highest BCUT2D eigenvalue weighted by molar-refractivity contribution is 5.82. The van der Waals surface area contributed by atoms with Crippen LogP contribution in [-0.2, 0) is 4.79 Å². The van der Waals surface area contributed by atoms with Gasteiger partial charge in [0, 0.05) is 24.5 Å². The Kier molecular flexibility index (Phi) is 3.72. The van der Waals surface area contributed by atoms with Gasteiger partial charge in [-0.25, -0.2) is 0 Å². The predicted molar refractivity (Wildman–Crippen MR) is 65.0 cm³/mol. The van der Waals surface area contributed by atoms with E-state index in [2.05, 4.69) is 0 Å². The number of nitrogens with zero attached hydrogens (tertiary/aromatic N) is 1. The van der Waals surface area contributed by atoms with E-state index in [1.54, 1.807) is 0 Å². The summed E-state index contributed by atoms with van der Waals surface area (Å²) in [5.74, 6) is -0.271. The molecule has 0 heterocycles. The molecule has 0 spiro atoms. The summed E-state index contributed by atoms with van der Waals surface area (Å²) in [7, 11) is 0. The first-order chi connectivity index (χ1) is 8.59. The Hall–Kier alpha value is -1.75. The van der Waals surface area contributed by atoms with Gasteiger partial charge in [0.25, 0.3) is 5.69 Å². The molecule has 0 saturated heterocycles. The summed E-state index contributed by atoms with van der Waals surface area (Å²) in [5, 5.41) is 20.7. The first-order valence-corrected chi connectivity index (χ1v) is 6.04. The molecule has 96 valence electrons. The van der Waals surface area contributed by atoms with Crippen LogP contribution in [-0.4, -0.2) is 15.8 Å². The number of nitro benzene ring substituents is 1. The Morgan fingerprint density at radius 3 is 2.50 bits per heavy atom. The third-order valence-electron chi connectivity index (χ3n) is 3.43. The van der Waals surface area contributed by atoms with E-state index in [1.165, 1.54) is 24.3 Å². The monoisotopic (exact) mass is 249 g/mol. The summed E-state index contributed by atoms with van der Waals surface area (Å²) >= 11 is 0. The van der Waals surface area contributed by atoms with Gasteiger partial charge in [0.2, 0.25) is 0 Å². The predicted octanol–water partition coefficient (Wildman–Crippen LogP) is 2.39. The molecule has 1 N–H and O–H groups in total. The van der Waals surface area contributed by atoms with E-state index in [0.29, 0.717) is 18.4 Å². The first kappa shape index (κ1) is 12.7.